The summed E-state index contributed by atoms with van der Waals surface area (Å²) in [5.74, 6) is 1.51. The second-order valence-electron chi connectivity index (χ2n) is 10.0. The first-order valence-corrected chi connectivity index (χ1v) is 14.6. The molecule has 5 nitrogen and oxygen atoms in total. The van der Waals surface area contributed by atoms with Crippen LogP contribution in [0.1, 0.15) is 87.9 Å². The third-order valence-electron chi connectivity index (χ3n) is 6.78. The van der Waals surface area contributed by atoms with Crippen molar-refractivity contribution in [3.8, 4) is 11.5 Å². The first-order chi connectivity index (χ1) is 19.2. The maximum atomic E-state index is 13.4. The van der Waals surface area contributed by atoms with Crippen LogP contribution in [0.4, 0.5) is 5.69 Å². The van der Waals surface area contributed by atoms with Gasteiger partial charge in [0.05, 0.1) is 0 Å². The minimum absolute atomic E-state index is 0.0617. The number of nitrogens with zero attached hydrogens (tertiary/aromatic N) is 1. The molecule has 0 heterocycles. The van der Waals surface area contributed by atoms with Crippen LogP contribution in [0, 0.1) is 0 Å². The fourth-order valence-electron chi connectivity index (χ4n) is 4.55. The van der Waals surface area contributed by atoms with Gasteiger partial charge in [0.25, 0.3) is 5.91 Å². The van der Waals surface area contributed by atoms with Gasteiger partial charge < -0.3 is 15.0 Å². The third-order valence-corrected chi connectivity index (χ3v) is 6.78. The highest BCUT2D eigenvalue weighted by Gasteiger charge is 2.17. The second kappa shape index (κ2) is 17.8. The molecule has 208 valence electrons. The van der Waals surface area contributed by atoms with Crippen LogP contribution < -0.4 is 15.0 Å². The molecular weight excluding hydrogens is 484 g/mol. The largest absolute Gasteiger partial charge is 0.457 e. The topological polar surface area (TPSA) is 58.6 Å². The lowest BCUT2D eigenvalue weighted by Gasteiger charge is -2.23. The first-order valence-electron chi connectivity index (χ1n) is 14.6. The molecule has 2 amide bonds. The Labute approximate surface area is 234 Å². The van der Waals surface area contributed by atoms with Gasteiger partial charge in [0.2, 0.25) is 5.91 Å². The summed E-state index contributed by atoms with van der Waals surface area (Å²) in [6.45, 7) is 3.29. The van der Waals surface area contributed by atoms with Crippen LogP contribution in [0.15, 0.2) is 84.9 Å². The first kappa shape index (κ1) is 29.9. The Balaban J connectivity index is 1.45. The number of carbonyl (C=O) groups excluding carboxylic acids is 2. The molecule has 1 N–H and O–H groups in total. The Morgan fingerprint density at radius 2 is 1.23 bits per heavy atom. The van der Waals surface area contributed by atoms with Crippen molar-refractivity contribution in [1.82, 2.24) is 5.32 Å². The molecule has 0 bridgehead atoms. The van der Waals surface area contributed by atoms with Crippen LogP contribution in [-0.4, -0.2) is 24.9 Å². The summed E-state index contributed by atoms with van der Waals surface area (Å²) in [5.41, 5.74) is 1.43. The molecule has 5 heteroatoms. The quantitative estimate of drug-likeness (QED) is 0.168. The van der Waals surface area contributed by atoms with Gasteiger partial charge in [-0.15, -0.1) is 0 Å². The summed E-state index contributed by atoms with van der Waals surface area (Å²) >= 11 is 0. The van der Waals surface area contributed by atoms with E-state index in [0.717, 1.165) is 24.3 Å². The number of unbranched alkanes of at least 4 members (excludes halogenated alkanes) is 8. The monoisotopic (exact) mass is 528 g/mol. The van der Waals surface area contributed by atoms with Crippen molar-refractivity contribution in [2.75, 3.05) is 18.0 Å². The molecule has 0 aliphatic rings. The van der Waals surface area contributed by atoms with Crippen LogP contribution in [0.2, 0.25) is 0 Å². The van der Waals surface area contributed by atoms with E-state index in [0.29, 0.717) is 37.2 Å². The molecular formula is C34H44N2O3. The summed E-state index contributed by atoms with van der Waals surface area (Å²) in [6.07, 6.45) is 12.4. The Morgan fingerprint density at radius 1 is 0.667 bits per heavy atom. The van der Waals surface area contributed by atoms with Crippen molar-refractivity contribution in [1.29, 1.82) is 0 Å². The van der Waals surface area contributed by atoms with Gasteiger partial charge in [0.1, 0.15) is 11.5 Å². The van der Waals surface area contributed by atoms with Crippen molar-refractivity contribution in [3.05, 3.63) is 90.5 Å². The smallest absolute Gasteiger partial charge is 0.258 e. The van der Waals surface area contributed by atoms with E-state index in [1.807, 2.05) is 84.9 Å². The number of benzene rings is 3. The molecule has 0 unspecified atom stereocenters. The highest BCUT2D eigenvalue weighted by molar-refractivity contribution is 6.06. The minimum atomic E-state index is -0.0617. The predicted molar refractivity (Wildman–Crippen MR) is 161 cm³/mol. The molecule has 0 aromatic heterocycles. The lowest BCUT2D eigenvalue weighted by atomic mass is 10.1. The van der Waals surface area contributed by atoms with E-state index in [1.165, 1.54) is 44.9 Å². The maximum Gasteiger partial charge on any atom is 0.258 e. The number of carbonyl (C=O) groups is 2. The molecule has 3 rings (SSSR count). The molecule has 0 aliphatic carbocycles. The number of para-hydroxylation sites is 1. The van der Waals surface area contributed by atoms with Crippen LogP contribution in [0.3, 0.4) is 0 Å². The Hall–Kier alpha value is -3.60. The van der Waals surface area contributed by atoms with Crippen LogP contribution >= 0.6 is 0 Å². The number of anilines is 1. The van der Waals surface area contributed by atoms with Gasteiger partial charge >= 0.3 is 0 Å². The van der Waals surface area contributed by atoms with E-state index in [9.17, 15) is 9.59 Å². The number of nitrogens with one attached hydrogen (secondary N) is 1. The van der Waals surface area contributed by atoms with E-state index >= 15 is 0 Å². The molecule has 0 saturated heterocycles. The van der Waals surface area contributed by atoms with Gasteiger partial charge in [0, 0.05) is 30.8 Å². The minimum Gasteiger partial charge on any atom is -0.457 e. The van der Waals surface area contributed by atoms with Crippen LogP contribution in [-0.2, 0) is 4.79 Å². The van der Waals surface area contributed by atoms with Crippen molar-refractivity contribution < 1.29 is 14.3 Å². The van der Waals surface area contributed by atoms with E-state index in [1.54, 1.807) is 4.90 Å². The zero-order chi connectivity index (χ0) is 27.5. The van der Waals surface area contributed by atoms with Crippen molar-refractivity contribution in [2.24, 2.45) is 0 Å². The number of ether oxygens (including phenoxy) is 1. The zero-order valence-corrected chi connectivity index (χ0v) is 23.4. The Kier molecular flexibility index (Phi) is 13.7. The number of rotatable bonds is 18. The van der Waals surface area contributed by atoms with Gasteiger partial charge in [-0.2, -0.15) is 0 Å². The van der Waals surface area contributed by atoms with E-state index in [-0.39, 0.29) is 11.8 Å². The summed E-state index contributed by atoms with van der Waals surface area (Å²) in [7, 11) is 0. The van der Waals surface area contributed by atoms with Crippen LogP contribution in [0.5, 0.6) is 11.5 Å². The lowest BCUT2D eigenvalue weighted by Crippen LogP contribution is -2.34. The van der Waals surface area contributed by atoms with Gasteiger partial charge in [-0.25, -0.2) is 0 Å². The molecule has 3 aromatic carbocycles. The third kappa shape index (κ3) is 11.4. The molecule has 0 fully saturated rings. The van der Waals surface area contributed by atoms with Gasteiger partial charge in [0.15, 0.2) is 0 Å². The Morgan fingerprint density at radius 3 is 1.87 bits per heavy atom. The second-order valence-corrected chi connectivity index (χ2v) is 10.0. The Bertz CT molecular complexity index is 1080. The summed E-state index contributed by atoms with van der Waals surface area (Å²) in [5, 5.41) is 3.03. The number of hydrogen-bond acceptors (Lipinski definition) is 3. The molecule has 0 radical (unpaired) electrons. The molecule has 0 aliphatic heterocycles. The molecule has 39 heavy (non-hydrogen) atoms. The predicted octanol–water partition coefficient (Wildman–Crippen LogP) is 8.55. The molecule has 0 atom stereocenters. The standard InChI is InChI=1S/C34H44N2O3/c1-2-3-4-5-6-7-8-9-16-22-33(37)35-27-17-28-36(34(38)29-18-12-10-13-19-29)30-23-25-32(26-24-30)39-31-20-14-11-15-21-31/h10-15,18-21,23-26H,2-9,16-17,22,27-28H2,1H3,(H,35,37). The van der Waals surface area contributed by atoms with Gasteiger partial charge in [-0.1, -0.05) is 94.7 Å². The highest BCUT2D eigenvalue weighted by atomic mass is 16.5. The maximum absolute atomic E-state index is 13.4. The fraction of sp³-hybridized carbons (Fsp3) is 0.412. The fourth-order valence-corrected chi connectivity index (χ4v) is 4.55. The van der Waals surface area contributed by atoms with Crippen molar-refractivity contribution >= 4 is 17.5 Å². The van der Waals surface area contributed by atoms with Gasteiger partial charge in [-0.05, 0) is 61.4 Å². The summed E-state index contributed by atoms with van der Waals surface area (Å²) in [6, 6.07) is 26.5. The summed E-state index contributed by atoms with van der Waals surface area (Å²) in [4.78, 5) is 27.4. The molecule has 0 saturated carbocycles. The van der Waals surface area contributed by atoms with Crippen molar-refractivity contribution in [3.63, 3.8) is 0 Å². The highest BCUT2D eigenvalue weighted by Crippen LogP contribution is 2.25. The van der Waals surface area contributed by atoms with E-state index in [2.05, 4.69) is 12.2 Å². The van der Waals surface area contributed by atoms with E-state index in [4.69, 9.17) is 4.74 Å². The van der Waals surface area contributed by atoms with Crippen LogP contribution in [0.25, 0.3) is 0 Å². The molecule has 0 spiro atoms. The SMILES string of the molecule is CCCCCCCCCCCC(=O)NCCCN(C(=O)c1ccccc1)c1ccc(Oc2ccccc2)cc1. The van der Waals surface area contributed by atoms with E-state index < -0.39 is 0 Å². The van der Waals surface area contributed by atoms with Crippen molar-refractivity contribution in [2.45, 2.75) is 77.6 Å². The normalized spacial score (nSPS) is 10.7. The summed E-state index contributed by atoms with van der Waals surface area (Å²) < 4.78 is 5.91. The average Bonchev–Trinajstić information content (AvgIpc) is 2.97. The number of amides is 2. The number of hydrogen-bond donors (Lipinski definition) is 1. The average molecular weight is 529 g/mol. The zero-order valence-electron chi connectivity index (χ0n) is 23.4. The lowest BCUT2D eigenvalue weighted by molar-refractivity contribution is -0.121. The molecule has 3 aromatic rings. The van der Waals surface area contributed by atoms with Gasteiger partial charge in [-0.3, -0.25) is 9.59 Å².